The molecule has 0 aromatic rings. The summed E-state index contributed by atoms with van der Waals surface area (Å²) in [7, 11) is 0. The first-order valence-corrected chi connectivity index (χ1v) is 31.8. The van der Waals surface area contributed by atoms with Gasteiger partial charge in [0.1, 0.15) is 0 Å². The quantitative estimate of drug-likeness (QED) is 0.0321. The summed E-state index contributed by atoms with van der Waals surface area (Å²) in [6, 6.07) is -0.637. The lowest BCUT2D eigenvalue weighted by Crippen LogP contribution is -2.45. The Balaban J connectivity index is 3.47. The van der Waals surface area contributed by atoms with Crippen LogP contribution in [0.5, 0.6) is 0 Å². The van der Waals surface area contributed by atoms with E-state index in [0.29, 0.717) is 19.4 Å². The van der Waals surface area contributed by atoms with Crippen LogP contribution >= 0.6 is 0 Å². The van der Waals surface area contributed by atoms with E-state index in [0.717, 1.165) is 64.2 Å². The van der Waals surface area contributed by atoms with Gasteiger partial charge in [-0.25, -0.2) is 0 Å². The maximum atomic E-state index is 12.5. The summed E-state index contributed by atoms with van der Waals surface area (Å²) in [5.41, 5.74) is 0. The summed E-state index contributed by atoms with van der Waals surface area (Å²) in [6.45, 7) is 4.88. The molecule has 0 aliphatic heterocycles. The minimum atomic E-state index is -0.852. The Bertz CT molecular complexity index is 1150. The van der Waals surface area contributed by atoms with Crippen LogP contribution in [0.3, 0.4) is 0 Å². The summed E-state index contributed by atoms with van der Waals surface area (Å²) in [5.74, 6) is -0.0875. The number of aliphatic hydroxyl groups is 2. The van der Waals surface area contributed by atoms with Crippen molar-refractivity contribution in [1.82, 2.24) is 5.32 Å². The SMILES string of the molecule is CCCCCC/C=C\C/C=C\CCCCCCCC(=O)OCCCCCCCCCCCCCCCCCC(=O)NC(CO)C(O)/C=C/CCCCCCCCCCCCCCCCCCCCCCC. The van der Waals surface area contributed by atoms with Gasteiger partial charge >= 0.3 is 5.97 Å². The first-order chi connectivity index (χ1) is 35.0. The molecule has 0 heterocycles. The highest BCUT2D eigenvalue weighted by Crippen LogP contribution is 2.18. The van der Waals surface area contributed by atoms with Gasteiger partial charge in [0.15, 0.2) is 0 Å². The summed E-state index contributed by atoms with van der Waals surface area (Å²) < 4.78 is 5.48. The molecule has 3 N–H and O–H groups in total. The van der Waals surface area contributed by atoms with E-state index in [9.17, 15) is 19.8 Å². The van der Waals surface area contributed by atoms with Crippen molar-refractivity contribution in [3.63, 3.8) is 0 Å². The molecule has 6 heteroatoms. The third-order valence-electron chi connectivity index (χ3n) is 14.7. The fraction of sp³-hybridized carbons (Fsp3) is 0.877. The Kier molecular flexibility index (Phi) is 59.0. The van der Waals surface area contributed by atoms with Gasteiger partial charge in [-0.05, 0) is 64.2 Å². The van der Waals surface area contributed by atoms with Gasteiger partial charge in [-0.15, -0.1) is 0 Å². The minimum Gasteiger partial charge on any atom is -0.466 e. The maximum Gasteiger partial charge on any atom is 0.305 e. The van der Waals surface area contributed by atoms with Gasteiger partial charge in [0.25, 0.3) is 0 Å². The first kappa shape index (κ1) is 69.1. The third-order valence-corrected chi connectivity index (χ3v) is 14.7. The number of allylic oxidation sites excluding steroid dienone is 5. The average molecular weight is 999 g/mol. The van der Waals surface area contributed by atoms with E-state index in [1.54, 1.807) is 6.08 Å². The molecule has 0 spiro atoms. The molecule has 0 radical (unpaired) electrons. The number of unbranched alkanes of at least 4 members (excludes halogenated alkanes) is 44. The van der Waals surface area contributed by atoms with Gasteiger partial charge in [-0.2, -0.15) is 0 Å². The first-order valence-electron chi connectivity index (χ1n) is 31.8. The minimum absolute atomic E-state index is 0.0134. The molecule has 0 aromatic carbocycles. The van der Waals surface area contributed by atoms with Crippen molar-refractivity contribution in [2.75, 3.05) is 13.2 Å². The number of rotatable bonds is 59. The summed E-state index contributed by atoms with van der Waals surface area (Å²) in [6.07, 6.45) is 76.1. The van der Waals surface area contributed by atoms with Crippen LogP contribution in [-0.2, 0) is 14.3 Å². The van der Waals surface area contributed by atoms with Crippen LogP contribution in [0.2, 0.25) is 0 Å². The number of hydrogen-bond acceptors (Lipinski definition) is 5. The third kappa shape index (κ3) is 57.2. The molecule has 2 atom stereocenters. The van der Waals surface area contributed by atoms with Gasteiger partial charge in [0, 0.05) is 12.8 Å². The van der Waals surface area contributed by atoms with Crippen molar-refractivity contribution in [1.29, 1.82) is 0 Å². The molecule has 71 heavy (non-hydrogen) atoms. The van der Waals surface area contributed by atoms with E-state index in [1.807, 2.05) is 6.08 Å². The van der Waals surface area contributed by atoms with Crippen LogP contribution in [0, 0.1) is 0 Å². The van der Waals surface area contributed by atoms with E-state index in [-0.39, 0.29) is 18.5 Å². The van der Waals surface area contributed by atoms with Crippen molar-refractivity contribution in [3.05, 3.63) is 36.5 Å². The molecule has 1 amide bonds. The Morgan fingerprint density at radius 1 is 0.394 bits per heavy atom. The maximum absolute atomic E-state index is 12.5. The number of esters is 1. The van der Waals surface area contributed by atoms with Crippen LogP contribution in [0.15, 0.2) is 36.5 Å². The second-order valence-electron chi connectivity index (χ2n) is 21.7. The summed E-state index contributed by atoms with van der Waals surface area (Å²) in [4.78, 5) is 24.6. The Morgan fingerprint density at radius 3 is 1.08 bits per heavy atom. The van der Waals surface area contributed by atoms with Gasteiger partial charge in [-0.1, -0.05) is 301 Å². The van der Waals surface area contributed by atoms with Crippen LogP contribution in [0.1, 0.15) is 341 Å². The van der Waals surface area contributed by atoms with E-state index in [2.05, 4.69) is 43.5 Å². The second-order valence-corrected chi connectivity index (χ2v) is 21.7. The largest absolute Gasteiger partial charge is 0.466 e. The smallest absolute Gasteiger partial charge is 0.305 e. The predicted molar refractivity (Wildman–Crippen MR) is 310 cm³/mol. The molecule has 418 valence electrons. The summed E-state index contributed by atoms with van der Waals surface area (Å²) in [5, 5.41) is 23.2. The zero-order valence-electron chi connectivity index (χ0n) is 47.7. The van der Waals surface area contributed by atoms with Crippen LogP contribution in [0.4, 0.5) is 0 Å². The molecular formula is C65H123NO5. The monoisotopic (exact) mass is 998 g/mol. The predicted octanol–water partition coefficient (Wildman–Crippen LogP) is 20.0. The molecule has 6 nitrogen and oxygen atoms in total. The molecule has 0 bridgehead atoms. The highest BCUT2D eigenvalue weighted by atomic mass is 16.5. The number of hydrogen-bond donors (Lipinski definition) is 3. The number of aliphatic hydroxyl groups excluding tert-OH is 2. The fourth-order valence-corrected chi connectivity index (χ4v) is 9.78. The molecule has 0 saturated carbocycles. The molecule has 2 unspecified atom stereocenters. The molecule has 0 saturated heterocycles. The highest BCUT2D eigenvalue weighted by molar-refractivity contribution is 5.76. The van der Waals surface area contributed by atoms with Crippen molar-refractivity contribution >= 4 is 11.9 Å². The zero-order chi connectivity index (χ0) is 51.4. The zero-order valence-corrected chi connectivity index (χ0v) is 47.7. The Hall–Kier alpha value is -1.92. The van der Waals surface area contributed by atoms with Crippen LogP contribution < -0.4 is 5.32 Å². The van der Waals surface area contributed by atoms with E-state index in [1.165, 1.54) is 250 Å². The van der Waals surface area contributed by atoms with E-state index >= 15 is 0 Å². The molecular weight excluding hydrogens is 875 g/mol. The van der Waals surface area contributed by atoms with Crippen molar-refractivity contribution < 1.29 is 24.5 Å². The molecule has 0 aliphatic rings. The lowest BCUT2D eigenvalue weighted by atomic mass is 10.0. The topological polar surface area (TPSA) is 95.9 Å². The van der Waals surface area contributed by atoms with Gasteiger partial charge < -0.3 is 20.3 Å². The molecule has 0 aliphatic carbocycles. The normalized spacial score (nSPS) is 12.8. The fourth-order valence-electron chi connectivity index (χ4n) is 9.78. The lowest BCUT2D eigenvalue weighted by molar-refractivity contribution is -0.143. The lowest BCUT2D eigenvalue weighted by Gasteiger charge is -2.20. The van der Waals surface area contributed by atoms with Crippen molar-refractivity contribution in [2.24, 2.45) is 0 Å². The second kappa shape index (κ2) is 60.6. The van der Waals surface area contributed by atoms with Crippen molar-refractivity contribution in [2.45, 2.75) is 353 Å². The summed E-state index contributed by atoms with van der Waals surface area (Å²) >= 11 is 0. The molecule has 0 aromatic heterocycles. The van der Waals surface area contributed by atoms with Crippen molar-refractivity contribution in [3.8, 4) is 0 Å². The van der Waals surface area contributed by atoms with Gasteiger partial charge in [0.2, 0.25) is 5.91 Å². The van der Waals surface area contributed by atoms with E-state index in [4.69, 9.17) is 4.74 Å². The Morgan fingerprint density at radius 2 is 0.704 bits per heavy atom. The standard InChI is InChI=1S/C65H123NO5/c1-3-5-7-9-11-13-15-17-19-21-22-23-24-25-26-27-29-33-37-41-45-49-53-57-63(68)62(61-67)66-64(69)58-54-50-46-42-38-34-30-28-32-36-40-44-48-52-56-60-71-65(70)59-55-51-47-43-39-35-31-20-18-16-14-12-10-8-6-4-2/h14,16,20,31,53,57,62-63,67-68H,3-13,15,17-19,21-30,32-52,54-56,58-61H2,1-2H3,(H,66,69)/b16-14-,31-20-,57-53+. The number of carbonyl (C=O) groups excluding carboxylic acids is 2. The van der Waals surface area contributed by atoms with Crippen LogP contribution in [-0.4, -0.2) is 47.4 Å². The number of carbonyl (C=O) groups is 2. The number of nitrogens with one attached hydrogen (secondary N) is 1. The molecule has 0 rings (SSSR count). The van der Waals surface area contributed by atoms with Gasteiger partial charge in [-0.3, -0.25) is 9.59 Å². The van der Waals surface area contributed by atoms with Crippen LogP contribution in [0.25, 0.3) is 0 Å². The number of ether oxygens (including phenoxy) is 1. The van der Waals surface area contributed by atoms with E-state index < -0.39 is 12.1 Å². The number of amides is 1. The Labute approximate surface area is 443 Å². The highest BCUT2D eigenvalue weighted by Gasteiger charge is 2.18. The molecule has 0 fully saturated rings. The average Bonchev–Trinajstić information content (AvgIpc) is 3.37. The van der Waals surface area contributed by atoms with Gasteiger partial charge in [0.05, 0.1) is 25.4 Å².